The van der Waals surface area contributed by atoms with Crippen LogP contribution in [0.3, 0.4) is 0 Å². The number of nitriles is 1. The van der Waals surface area contributed by atoms with Gasteiger partial charge in [0, 0.05) is 7.11 Å². The molecule has 0 bridgehead atoms. The topological polar surface area (TPSA) is 77.5 Å². The number of nitrogens with two attached hydrogens (primary N) is 1. The minimum Gasteiger partial charge on any atom is -0.491 e. The van der Waals surface area contributed by atoms with E-state index in [2.05, 4.69) is 0 Å². The van der Waals surface area contributed by atoms with Gasteiger partial charge in [-0.15, -0.1) is 0 Å². The maximum atomic E-state index is 8.75. The molecule has 15 heavy (non-hydrogen) atoms. The van der Waals surface area contributed by atoms with Gasteiger partial charge in [0.25, 0.3) is 0 Å². The summed E-state index contributed by atoms with van der Waals surface area (Å²) in [7, 11) is 2.98. The van der Waals surface area contributed by atoms with Gasteiger partial charge in [-0.2, -0.15) is 5.26 Å². The molecular weight excluding hydrogens is 196 g/mol. The predicted octanol–water partition coefficient (Wildman–Crippen LogP) is 1.13. The number of nitrogen functional groups attached to an aromatic ring is 1. The first-order chi connectivity index (χ1) is 7.24. The van der Waals surface area contributed by atoms with Crippen molar-refractivity contribution in [1.29, 1.82) is 5.26 Å². The Balaban J connectivity index is 3.08. The number of nitrogens with zero attached hydrogens (tertiary/aromatic N) is 1. The lowest BCUT2D eigenvalue weighted by molar-refractivity contribution is 0.0492. The van der Waals surface area contributed by atoms with Crippen LogP contribution in [-0.4, -0.2) is 21.0 Å². The fourth-order valence-electron chi connectivity index (χ4n) is 1.12. The van der Waals surface area contributed by atoms with E-state index in [0.717, 1.165) is 0 Å². The summed E-state index contributed by atoms with van der Waals surface area (Å²) in [6.45, 7) is 0.0989. The van der Waals surface area contributed by atoms with Crippen molar-refractivity contribution in [3.8, 4) is 17.6 Å². The molecule has 0 amide bonds. The maximum absolute atomic E-state index is 8.75. The Morgan fingerprint density at radius 2 is 2.13 bits per heavy atom. The van der Waals surface area contributed by atoms with Gasteiger partial charge in [0.05, 0.1) is 18.4 Å². The van der Waals surface area contributed by atoms with E-state index in [1.807, 2.05) is 6.07 Å². The van der Waals surface area contributed by atoms with Gasteiger partial charge in [0.2, 0.25) is 0 Å². The highest BCUT2D eigenvalue weighted by Crippen LogP contribution is 2.35. The second-order valence-electron chi connectivity index (χ2n) is 2.72. The fraction of sp³-hybridized carbons (Fsp3) is 0.300. The van der Waals surface area contributed by atoms with E-state index in [-0.39, 0.29) is 12.5 Å². The molecule has 0 aliphatic carbocycles. The molecule has 0 fully saturated rings. The van der Waals surface area contributed by atoms with E-state index in [1.165, 1.54) is 14.2 Å². The Bertz CT molecular complexity index is 385. The number of hydrogen-bond donors (Lipinski definition) is 1. The van der Waals surface area contributed by atoms with Gasteiger partial charge < -0.3 is 19.9 Å². The summed E-state index contributed by atoms with van der Waals surface area (Å²) in [5.41, 5.74) is 6.34. The van der Waals surface area contributed by atoms with Gasteiger partial charge in [0.1, 0.15) is 6.07 Å². The number of rotatable bonds is 4. The molecule has 2 N–H and O–H groups in total. The number of anilines is 1. The van der Waals surface area contributed by atoms with Crippen LogP contribution in [-0.2, 0) is 4.74 Å². The zero-order chi connectivity index (χ0) is 11.3. The van der Waals surface area contributed by atoms with Crippen molar-refractivity contribution in [3.63, 3.8) is 0 Å². The van der Waals surface area contributed by atoms with Gasteiger partial charge in [-0.05, 0) is 12.1 Å². The number of benzene rings is 1. The zero-order valence-corrected chi connectivity index (χ0v) is 8.61. The van der Waals surface area contributed by atoms with Gasteiger partial charge in [0.15, 0.2) is 18.3 Å². The molecule has 0 atom stereocenters. The van der Waals surface area contributed by atoms with Gasteiger partial charge in [-0.25, -0.2) is 0 Å². The van der Waals surface area contributed by atoms with Crippen LogP contribution in [0.25, 0.3) is 0 Å². The Labute approximate surface area is 88.0 Å². The molecule has 0 aliphatic rings. The average Bonchev–Trinajstić information content (AvgIpc) is 2.26. The molecule has 0 heterocycles. The van der Waals surface area contributed by atoms with Crippen molar-refractivity contribution < 1.29 is 14.2 Å². The minimum absolute atomic E-state index is 0.0989. The molecule has 0 radical (unpaired) electrons. The van der Waals surface area contributed by atoms with Crippen LogP contribution in [0.1, 0.15) is 5.56 Å². The summed E-state index contributed by atoms with van der Waals surface area (Å²) in [4.78, 5) is 0. The van der Waals surface area contributed by atoms with E-state index in [1.54, 1.807) is 12.1 Å². The molecule has 0 unspecified atom stereocenters. The van der Waals surface area contributed by atoms with Gasteiger partial charge in [-0.1, -0.05) is 0 Å². The molecule has 0 aromatic heterocycles. The first-order valence-electron chi connectivity index (χ1n) is 4.23. The van der Waals surface area contributed by atoms with E-state index < -0.39 is 0 Å². The average molecular weight is 208 g/mol. The summed E-state index contributed by atoms with van der Waals surface area (Å²) in [5, 5.41) is 8.75. The van der Waals surface area contributed by atoms with Crippen LogP contribution < -0.4 is 15.2 Å². The second kappa shape index (κ2) is 5.08. The summed E-state index contributed by atoms with van der Waals surface area (Å²) in [5.74, 6) is 0.807. The highest BCUT2D eigenvalue weighted by molar-refractivity contribution is 5.68. The predicted molar refractivity (Wildman–Crippen MR) is 54.6 cm³/mol. The van der Waals surface area contributed by atoms with Crippen LogP contribution in [0.4, 0.5) is 5.69 Å². The molecule has 5 nitrogen and oxygen atoms in total. The molecule has 1 aromatic carbocycles. The molecule has 0 saturated carbocycles. The van der Waals surface area contributed by atoms with Crippen molar-refractivity contribution in [2.45, 2.75) is 0 Å². The van der Waals surface area contributed by atoms with Crippen molar-refractivity contribution in [3.05, 3.63) is 17.7 Å². The Morgan fingerprint density at radius 3 is 2.67 bits per heavy atom. The third kappa shape index (κ3) is 2.30. The number of ether oxygens (including phenoxy) is 3. The highest BCUT2D eigenvalue weighted by Gasteiger charge is 2.12. The number of hydrogen-bond acceptors (Lipinski definition) is 5. The van der Waals surface area contributed by atoms with Gasteiger partial charge in [-0.3, -0.25) is 0 Å². The fourth-order valence-corrected chi connectivity index (χ4v) is 1.12. The zero-order valence-electron chi connectivity index (χ0n) is 8.61. The van der Waals surface area contributed by atoms with Crippen LogP contribution in [0.2, 0.25) is 0 Å². The van der Waals surface area contributed by atoms with Crippen molar-refractivity contribution >= 4 is 5.69 Å². The Hall–Kier alpha value is -1.93. The Morgan fingerprint density at radius 1 is 1.40 bits per heavy atom. The molecule has 0 saturated heterocycles. The minimum atomic E-state index is 0.0989. The smallest absolute Gasteiger partial charge is 0.188 e. The maximum Gasteiger partial charge on any atom is 0.188 e. The lowest BCUT2D eigenvalue weighted by Crippen LogP contribution is -2.03. The van der Waals surface area contributed by atoms with Crippen LogP contribution in [0.5, 0.6) is 11.5 Å². The summed E-state index contributed by atoms with van der Waals surface area (Å²) in [6, 6.07) is 5.15. The van der Waals surface area contributed by atoms with Gasteiger partial charge >= 0.3 is 0 Å². The van der Waals surface area contributed by atoms with Crippen LogP contribution >= 0.6 is 0 Å². The number of methoxy groups -OCH3 is 2. The second-order valence-corrected chi connectivity index (χ2v) is 2.72. The van der Waals surface area contributed by atoms with Crippen molar-refractivity contribution in [1.82, 2.24) is 0 Å². The third-order valence-corrected chi connectivity index (χ3v) is 1.82. The lowest BCUT2D eigenvalue weighted by Gasteiger charge is -2.12. The summed E-state index contributed by atoms with van der Waals surface area (Å²) < 4.78 is 15.0. The molecular formula is C10H12N2O3. The first-order valence-corrected chi connectivity index (χ1v) is 4.23. The van der Waals surface area contributed by atoms with Crippen LogP contribution in [0, 0.1) is 11.3 Å². The van der Waals surface area contributed by atoms with Crippen molar-refractivity contribution in [2.75, 3.05) is 26.7 Å². The van der Waals surface area contributed by atoms with E-state index in [0.29, 0.717) is 17.1 Å². The van der Waals surface area contributed by atoms with E-state index in [4.69, 9.17) is 25.2 Å². The van der Waals surface area contributed by atoms with E-state index in [9.17, 15) is 0 Å². The van der Waals surface area contributed by atoms with Crippen LogP contribution in [0.15, 0.2) is 12.1 Å². The summed E-state index contributed by atoms with van der Waals surface area (Å²) in [6.07, 6.45) is 0. The molecule has 5 heteroatoms. The first kappa shape index (κ1) is 11.1. The lowest BCUT2D eigenvalue weighted by atomic mass is 10.1. The monoisotopic (exact) mass is 208 g/mol. The Kier molecular flexibility index (Phi) is 3.77. The third-order valence-electron chi connectivity index (χ3n) is 1.82. The molecule has 0 spiro atoms. The SMILES string of the molecule is COCOc1ccc(C#N)c(N)c1OC. The van der Waals surface area contributed by atoms with E-state index >= 15 is 0 Å². The highest BCUT2D eigenvalue weighted by atomic mass is 16.7. The molecule has 1 aromatic rings. The van der Waals surface area contributed by atoms with Crippen molar-refractivity contribution in [2.24, 2.45) is 0 Å². The largest absolute Gasteiger partial charge is 0.491 e. The summed E-state index contributed by atoms with van der Waals surface area (Å²) >= 11 is 0. The molecule has 1 rings (SSSR count). The standard InChI is InChI=1S/C10H12N2O3/c1-13-6-15-8-4-3-7(5-11)9(12)10(8)14-2/h3-4H,6,12H2,1-2H3. The normalized spacial score (nSPS) is 9.40. The molecule has 80 valence electrons. The molecule has 0 aliphatic heterocycles. The quantitative estimate of drug-likeness (QED) is 0.592.